The highest BCUT2D eigenvalue weighted by Crippen LogP contribution is 2.43. The first-order valence-electron chi connectivity index (χ1n) is 4.50. The minimum atomic E-state index is 0.785. The van der Waals surface area contributed by atoms with Crippen molar-refractivity contribution >= 4 is 0 Å². The molecule has 0 amide bonds. The van der Waals surface area contributed by atoms with E-state index in [-0.39, 0.29) is 0 Å². The number of benzene rings is 1. The fourth-order valence-electron chi connectivity index (χ4n) is 1.81. The maximum absolute atomic E-state index is 2.32. The maximum atomic E-state index is 2.32. The van der Waals surface area contributed by atoms with E-state index in [0.717, 1.165) is 12.0 Å². The van der Waals surface area contributed by atoms with Crippen molar-refractivity contribution in [2.24, 2.45) is 0 Å². The van der Waals surface area contributed by atoms with Gasteiger partial charge in [0.05, 0.1) is 0 Å². The van der Waals surface area contributed by atoms with E-state index in [1.54, 1.807) is 0 Å². The molecule has 1 aliphatic carbocycles. The molecule has 1 aliphatic rings. The van der Waals surface area contributed by atoms with Crippen LogP contribution in [0.15, 0.2) is 30.3 Å². The molecule has 0 spiro atoms. The van der Waals surface area contributed by atoms with Gasteiger partial charge in [-0.2, -0.15) is 0 Å². The van der Waals surface area contributed by atoms with Crippen LogP contribution in [0.2, 0.25) is 0 Å². The summed E-state index contributed by atoms with van der Waals surface area (Å²) < 4.78 is 0. The van der Waals surface area contributed by atoms with Crippen LogP contribution < -0.4 is 0 Å². The number of hydrogen-bond donors (Lipinski definition) is 0. The maximum Gasteiger partial charge on any atom is 0.0165 e. The first-order valence-corrected chi connectivity index (χ1v) is 4.50. The van der Waals surface area contributed by atoms with Crippen LogP contribution in [0, 0.1) is 0 Å². The van der Waals surface area contributed by atoms with Gasteiger partial charge in [-0.1, -0.05) is 30.3 Å². The summed E-state index contributed by atoms with van der Waals surface area (Å²) in [5.74, 6) is 0.793. The van der Waals surface area contributed by atoms with E-state index < -0.39 is 0 Å². The summed E-state index contributed by atoms with van der Waals surface area (Å²) in [5.41, 5.74) is 1.50. The highest BCUT2D eigenvalue weighted by molar-refractivity contribution is 5.27. The molecule has 1 nitrogen and oxygen atoms in total. The lowest BCUT2D eigenvalue weighted by Crippen LogP contribution is -2.15. The standard InChI is InChI=1S/C11H15N/c1-12(2)11-8-10(11)9-6-4-3-5-7-9/h3-7,10-11H,8H2,1-2H3/t10?,11-/m0/s1. The van der Waals surface area contributed by atoms with Gasteiger partial charge in [-0.25, -0.2) is 0 Å². The monoisotopic (exact) mass is 161 g/mol. The third-order valence-electron chi connectivity index (χ3n) is 2.65. The number of hydrogen-bond acceptors (Lipinski definition) is 1. The van der Waals surface area contributed by atoms with Crippen molar-refractivity contribution in [2.75, 3.05) is 14.1 Å². The van der Waals surface area contributed by atoms with Crippen LogP contribution in [-0.2, 0) is 0 Å². The van der Waals surface area contributed by atoms with E-state index >= 15 is 0 Å². The van der Waals surface area contributed by atoms with Crippen molar-refractivity contribution in [1.82, 2.24) is 4.90 Å². The first-order chi connectivity index (χ1) is 5.79. The Balaban J connectivity index is 2.06. The summed E-state index contributed by atoms with van der Waals surface area (Å²) in [5, 5.41) is 0. The molecular formula is C11H15N. The summed E-state index contributed by atoms with van der Waals surface area (Å²) in [7, 11) is 4.32. The van der Waals surface area contributed by atoms with Gasteiger partial charge in [0.15, 0.2) is 0 Å². The fraction of sp³-hybridized carbons (Fsp3) is 0.455. The second-order valence-corrected chi connectivity index (χ2v) is 3.78. The Morgan fingerprint density at radius 1 is 1.17 bits per heavy atom. The fourth-order valence-corrected chi connectivity index (χ4v) is 1.81. The summed E-state index contributed by atoms with van der Waals surface area (Å²) in [6.07, 6.45) is 1.33. The van der Waals surface area contributed by atoms with Crippen LogP contribution in [-0.4, -0.2) is 25.0 Å². The molecule has 2 rings (SSSR count). The zero-order chi connectivity index (χ0) is 8.55. The van der Waals surface area contributed by atoms with E-state index in [1.165, 1.54) is 12.0 Å². The van der Waals surface area contributed by atoms with E-state index in [0.29, 0.717) is 0 Å². The quantitative estimate of drug-likeness (QED) is 0.642. The highest BCUT2D eigenvalue weighted by Gasteiger charge is 2.39. The van der Waals surface area contributed by atoms with E-state index in [1.807, 2.05) is 0 Å². The zero-order valence-corrected chi connectivity index (χ0v) is 7.70. The molecule has 0 saturated heterocycles. The highest BCUT2D eigenvalue weighted by atomic mass is 15.1. The van der Waals surface area contributed by atoms with Gasteiger partial charge < -0.3 is 4.90 Å². The molecule has 0 aromatic heterocycles. The van der Waals surface area contributed by atoms with Crippen LogP contribution in [0.3, 0.4) is 0 Å². The molecule has 1 aromatic carbocycles. The predicted molar refractivity (Wildman–Crippen MR) is 51.3 cm³/mol. The largest absolute Gasteiger partial charge is 0.306 e. The molecule has 12 heavy (non-hydrogen) atoms. The lowest BCUT2D eigenvalue weighted by Gasteiger charge is -2.08. The van der Waals surface area contributed by atoms with Crippen molar-refractivity contribution in [1.29, 1.82) is 0 Å². The van der Waals surface area contributed by atoms with Gasteiger partial charge in [0.25, 0.3) is 0 Å². The Morgan fingerprint density at radius 3 is 2.33 bits per heavy atom. The summed E-state index contributed by atoms with van der Waals surface area (Å²) in [6.45, 7) is 0. The normalized spacial score (nSPS) is 27.6. The predicted octanol–water partition coefficient (Wildman–Crippen LogP) is 2.10. The molecule has 2 atom stereocenters. The van der Waals surface area contributed by atoms with Gasteiger partial charge in [-0.3, -0.25) is 0 Å². The summed E-state index contributed by atoms with van der Waals surface area (Å²) >= 11 is 0. The molecular weight excluding hydrogens is 146 g/mol. The van der Waals surface area contributed by atoms with Gasteiger partial charge in [-0.05, 0) is 26.1 Å². The molecule has 0 N–H and O–H groups in total. The molecule has 0 radical (unpaired) electrons. The minimum Gasteiger partial charge on any atom is -0.306 e. The zero-order valence-electron chi connectivity index (χ0n) is 7.70. The molecule has 1 saturated carbocycles. The van der Waals surface area contributed by atoms with E-state index in [2.05, 4.69) is 49.3 Å². The molecule has 0 heterocycles. The van der Waals surface area contributed by atoms with Gasteiger partial charge in [0.1, 0.15) is 0 Å². The molecule has 1 unspecified atom stereocenters. The molecule has 0 aliphatic heterocycles. The topological polar surface area (TPSA) is 3.24 Å². The minimum absolute atomic E-state index is 0.785. The Bertz CT molecular complexity index is 253. The molecule has 64 valence electrons. The average Bonchev–Trinajstić information content (AvgIpc) is 2.84. The first kappa shape index (κ1) is 7.81. The van der Waals surface area contributed by atoms with Gasteiger partial charge in [-0.15, -0.1) is 0 Å². The van der Waals surface area contributed by atoms with Crippen LogP contribution in [0.1, 0.15) is 17.9 Å². The Labute approximate surface area is 74.0 Å². The van der Waals surface area contributed by atoms with Crippen molar-refractivity contribution in [3.63, 3.8) is 0 Å². The summed E-state index contributed by atoms with van der Waals surface area (Å²) in [4.78, 5) is 2.32. The molecule has 1 aromatic rings. The van der Waals surface area contributed by atoms with Gasteiger partial charge >= 0.3 is 0 Å². The molecule has 1 fully saturated rings. The smallest absolute Gasteiger partial charge is 0.0165 e. The van der Waals surface area contributed by atoms with Crippen molar-refractivity contribution in [3.8, 4) is 0 Å². The van der Waals surface area contributed by atoms with Crippen LogP contribution in [0.25, 0.3) is 0 Å². The molecule has 0 bridgehead atoms. The number of nitrogens with zero attached hydrogens (tertiary/aromatic N) is 1. The lowest BCUT2D eigenvalue weighted by molar-refractivity contribution is 0.391. The Morgan fingerprint density at radius 2 is 1.83 bits per heavy atom. The third kappa shape index (κ3) is 1.37. The average molecular weight is 161 g/mol. The summed E-state index contributed by atoms with van der Waals surface area (Å²) in [6, 6.07) is 11.6. The van der Waals surface area contributed by atoms with Crippen molar-refractivity contribution in [3.05, 3.63) is 35.9 Å². The second-order valence-electron chi connectivity index (χ2n) is 3.78. The SMILES string of the molecule is CN(C)[C@H]1CC1c1ccccc1. The van der Waals surface area contributed by atoms with Crippen LogP contribution in [0.5, 0.6) is 0 Å². The lowest BCUT2D eigenvalue weighted by atomic mass is 10.1. The van der Waals surface area contributed by atoms with E-state index in [4.69, 9.17) is 0 Å². The number of likely N-dealkylation sites (N-methyl/N-ethyl adjacent to an activating group) is 1. The van der Waals surface area contributed by atoms with Gasteiger partial charge in [0.2, 0.25) is 0 Å². The van der Waals surface area contributed by atoms with Crippen molar-refractivity contribution < 1.29 is 0 Å². The van der Waals surface area contributed by atoms with Crippen LogP contribution >= 0.6 is 0 Å². The van der Waals surface area contributed by atoms with Crippen molar-refractivity contribution in [2.45, 2.75) is 18.4 Å². The number of rotatable bonds is 2. The van der Waals surface area contributed by atoms with E-state index in [9.17, 15) is 0 Å². The Hall–Kier alpha value is -0.820. The third-order valence-corrected chi connectivity index (χ3v) is 2.65. The molecule has 1 heteroatoms. The van der Waals surface area contributed by atoms with Crippen LogP contribution in [0.4, 0.5) is 0 Å². The Kier molecular flexibility index (Phi) is 1.89. The van der Waals surface area contributed by atoms with Gasteiger partial charge in [0, 0.05) is 12.0 Å². The second kappa shape index (κ2) is 2.91.